The molecule has 0 aliphatic carbocycles. The Morgan fingerprint density at radius 2 is 1.64 bits per heavy atom. The first kappa shape index (κ1) is 13.4. The van der Waals surface area contributed by atoms with Gasteiger partial charge < -0.3 is 10.2 Å². The maximum absolute atomic E-state index is 8.87. The van der Waals surface area contributed by atoms with Crippen molar-refractivity contribution >= 4 is 5.69 Å². The van der Waals surface area contributed by atoms with Crippen molar-refractivity contribution in [3.05, 3.63) is 54.1 Å². The standard InChI is InChI=1S/C19H19N3/c20-11-14-1-3-15(4-2-14)16-5-7-18(8-6-16)22-10-9-17-12-21-13-19(17)22/h1-8,17,19,21H,9-10,12-13H2. The van der Waals surface area contributed by atoms with Gasteiger partial charge in [-0.05, 0) is 47.7 Å². The number of hydrogen-bond donors (Lipinski definition) is 1. The van der Waals surface area contributed by atoms with E-state index in [4.69, 9.17) is 5.26 Å². The van der Waals surface area contributed by atoms with E-state index in [0.717, 1.165) is 18.0 Å². The fraction of sp³-hybridized carbons (Fsp3) is 0.316. The molecule has 22 heavy (non-hydrogen) atoms. The molecule has 4 rings (SSSR count). The van der Waals surface area contributed by atoms with Gasteiger partial charge in [0.05, 0.1) is 11.6 Å². The lowest BCUT2D eigenvalue weighted by atomic mass is 10.0. The SMILES string of the molecule is N#Cc1ccc(-c2ccc(N3CCC4CNCC43)cc2)cc1. The summed E-state index contributed by atoms with van der Waals surface area (Å²) in [5.74, 6) is 0.818. The number of nitrogens with zero attached hydrogens (tertiary/aromatic N) is 2. The molecule has 2 atom stereocenters. The quantitative estimate of drug-likeness (QED) is 0.923. The van der Waals surface area contributed by atoms with Gasteiger partial charge in [-0.3, -0.25) is 0 Å². The van der Waals surface area contributed by atoms with E-state index in [-0.39, 0.29) is 0 Å². The van der Waals surface area contributed by atoms with Crippen LogP contribution < -0.4 is 10.2 Å². The van der Waals surface area contributed by atoms with Crippen LogP contribution >= 0.6 is 0 Å². The summed E-state index contributed by atoms with van der Waals surface area (Å²) in [4.78, 5) is 2.55. The Kier molecular flexibility index (Phi) is 3.32. The summed E-state index contributed by atoms with van der Waals surface area (Å²) in [5, 5.41) is 12.4. The molecule has 0 spiro atoms. The number of anilines is 1. The second-order valence-electron chi connectivity index (χ2n) is 6.20. The average Bonchev–Trinajstić information content (AvgIpc) is 3.18. The predicted octanol–water partition coefficient (Wildman–Crippen LogP) is 3.02. The average molecular weight is 289 g/mol. The number of fused-ring (bicyclic) bond motifs is 1. The molecule has 2 fully saturated rings. The van der Waals surface area contributed by atoms with Crippen LogP contribution in [0, 0.1) is 17.2 Å². The Bertz CT molecular complexity index is 697. The van der Waals surface area contributed by atoms with Crippen molar-refractivity contribution in [1.82, 2.24) is 5.32 Å². The van der Waals surface area contributed by atoms with Crippen LogP contribution in [0.4, 0.5) is 5.69 Å². The smallest absolute Gasteiger partial charge is 0.0991 e. The first-order valence-corrected chi connectivity index (χ1v) is 7.93. The number of hydrogen-bond acceptors (Lipinski definition) is 3. The Hall–Kier alpha value is -2.31. The van der Waals surface area contributed by atoms with Gasteiger partial charge in [-0.15, -0.1) is 0 Å². The molecule has 2 aliphatic rings. The lowest BCUT2D eigenvalue weighted by Crippen LogP contribution is -2.33. The molecule has 2 saturated heterocycles. The minimum Gasteiger partial charge on any atom is -0.367 e. The molecule has 0 amide bonds. The molecule has 2 aromatic rings. The third-order valence-corrected chi connectivity index (χ3v) is 4.99. The van der Waals surface area contributed by atoms with Crippen molar-refractivity contribution in [2.45, 2.75) is 12.5 Å². The van der Waals surface area contributed by atoms with Crippen molar-refractivity contribution < 1.29 is 0 Å². The van der Waals surface area contributed by atoms with Crippen LogP contribution in [0.5, 0.6) is 0 Å². The summed E-state index contributed by atoms with van der Waals surface area (Å²) in [6.07, 6.45) is 1.30. The third-order valence-electron chi connectivity index (χ3n) is 4.99. The van der Waals surface area contributed by atoms with Gasteiger partial charge in [0.15, 0.2) is 0 Å². The molecule has 0 bridgehead atoms. The number of benzene rings is 2. The van der Waals surface area contributed by atoms with E-state index in [1.54, 1.807) is 0 Å². The van der Waals surface area contributed by atoms with Gasteiger partial charge in [-0.25, -0.2) is 0 Å². The number of nitriles is 1. The Balaban J connectivity index is 1.56. The topological polar surface area (TPSA) is 39.1 Å². The van der Waals surface area contributed by atoms with E-state index < -0.39 is 0 Å². The molecule has 1 N–H and O–H groups in total. The molecule has 0 aromatic heterocycles. The molecule has 3 heteroatoms. The van der Waals surface area contributed by atoms with Crippen LogP contribution in [0.2, 0.25) is 0 Å². The van der Waals surface area contributed by atoms with Crippen LogP contribution in [-0.2, 0) is 0 Å². The third kappa shape index (κ3) is 2.26. The number of nitrogens with one attached hydrogen (secondary N) is 1. The first-order valence-electron chi connectivity index (χ1n) is 7.93. The van der Waals surface area contributed by atoms with E-state index in [1.807, 2.05) is 24.3 Å². The lowest BCUT2D eigenvalue weighted by Gasteiger charge is -2.25. The summed E-state index contributed by atoms with van der Waals surface area (Å²) in [6, 6.07) is 19.4. The monoisotopic (exact) mass is 289 g/mol. The highest BCUT2D eigenvalue weighted by Crippen LogP contribution is 2.33. The molecule has 110 valence electrons. The van der Waals surface area contributed by atoms with Crippen molar-refractivity contribution in [3.63, 3.8) is 0 Å². The molecule has 2 aliphatic heterocycles. The van der Waals surface area contributed by atoms with Gasteiger partial charge >= 0.3 is 0 Å². The molecular weight excluding hydrogens is 270 g/mol. The Morgan fingerprint density at radius 3 is 2.32 bits per heavy atom. The second-order valence-corrected chi connectivity index (χ2v) is 6.20. The van der Waals surface area contributed by atoms with E-state index in [2.05, 4.69) is 40.6 Å². The van der Waals surface area contributed by atoms with Crippen LogP contribution in [-0.4, -0.2) is 25.7 Å². The summed E-state index contributed by atoms with van der Waals surface area (Å²) in [5.41, 5.74) is 4.40. The van der Waals surface area contributed by atoms with Crippen LogP contribution in [0.15, 0.2) is 48.5 Å². The largest absolute Gasteiger partial charge is 0.367 e. The predicted molar refractivity (Wildman–Crippen MR) is 88.7 cm³/mol. The first-order chi connectivity index (χ1) is 10.8. The molecule has 0 saturated carbocycles. The normalized spacial score (nSPS) is 23.3. The van der Waals surface area contributed by atoms with Crippen molar-refractivity contribution in [1.29, 1.82) is 5.26 Å². The maximum Gasteiger partial charge on any atom is 0.0991 e. The van der Waals surface area contributed by atoms with Crippen LogP contribution in [0.1, 0.15) is 12.0 Å². The Morgan fingerprint density at radius 1 is 0.955 bits per heavy atom. The zero-order valence-corrected chi connectivity index (χ0v) is 12.5. The molecule has 2 aromatic carbocycles. The zero-order valence-electron chi connectivity index (χ0n) is 12.5. The second kappa shape index (κ2) is 5.47. The molecule has 2 unspecified atom stereocenters. The van der Waals surface area contributed by atoms with Gasteiger partial charge in [-0.1, -0.05) is 24.3 Å². The van der Waals surface area contributed by atoms with Gasteiger partial charge in [0.1, 0.15) is 0 Å². The summed E-state index contributed by atoms with van der Waals surface area (Å²) >= 11 is 0. The highest BCUT2D eigenvalue weighted by Gasteiger charge is 2.37. The molecule has 2 heterocycles. The van der Waals surface area contributed by atoms with Crippen molar-refractivity contribution in [2.24, 2.45) is 5.92 Å². The minimum absolute atomic E-state index is 0.667. The van der Waals surface area contributed by atoms with Crippen molar-refractivity contribution in [2.75, 3.05) is 24.5 Å². The molecular formula is C19H19N3. The van der Waals surface area contributed by atoms with Gasteiger partial charge in [0, 0.05) is 31.4 Å². The highest BCUT2D eigenvalue weighted by molar-refractivity contribution is 5.67. The van der Waals surface area contributed by atoms with Gasteiger partial charge in [-0.2, -0.15) is 5.26 Å². The van der Waals surface area contributed by atoms with E-state index in [1.165, 1.54) is 30.8 Å². The van der Waals surface area contributed by atoms with Crippen LogP contribution in [0.25, 0.3) is 11.1 Å². The van der Waals surface area contributed by atoms with Gasteiger partial charge in [0.2, 0.25) is 0 Å². The van der Waals surface area contributed by atoms with Gasteiger partial charge in [0.25, 0.3) is 0 Å². The highest BCUT2D eigenvalue weighted by atomic mass is 15.2. The van der Waals surface area contributed by atoms with Crippen molar-refractivity contribution in [3.8, 4) is 17.2 Å². The zero-order chi connectivity index (χ0) is 14.9. The van der Waals surface area contributed by atoms with Crippen LogP contribution in [0.3, 0.4) is 0 Å². The fourth-order valence-electron chi connectivity index (χ4n) is 3.75. The summed E-state index contributed by atoms with van der Waals surface area (Å²) in [6.45, 7) is 3.46. The van der Waals surface area contributed by atoms with E-state index in [9.17, 15) is 0 Å². The lowest BCUT2D eigenvalue weighted by molar-refractivity contribution is 0.579. The maximum atomic E-state index is 8.87. The van der Waals surface area contributed by atoms with E-state index in [0.29, 0.717) is 11.6 Å². The minimum atomic E-state index is 0.667. The van der Waals surface area contributed by atoms with E-state index >= 15 is 0 Å². The molecule has 3 nitrogen and oxygen atoms in total. The Labute approximate surface area is 131 Å². The molecule has 0 radical (unpaired) electrons. The summed E-state index contributed by atoms with van der Waals surface area (Å²) in [7, 11) is 0. The number of rotatable bonds is 2. The fourth-order valence-corrected chi connectivity index (χ4v) is 3.75. The summed E-state index contributed by atoms with van der Waals surface area (Å²) < 4.78 is 0.